The van der Waals surface area contributed by atoms with Crippen LogP contribution < -0.4 is 5.43 Å². The molecule has 0 aliphatic rings. The number of hydrazone groups is 1. The SMILES string of the molecule is CCOC(=O)Cc1csc(NN=Cc2ccc(I)c([N+](=O)[O-])c2)n1. The molecule has 0 aliphatic carbocycles. The van der Waals surface area contributed by atoms with Gasteiger partial charge in [0.15, 0.2) is 0 Å². The van der Waals surface area contributed by atoms with Gasteiger partial charge in [-0.05, 0) is 35.6 Å². The molecule has 2 aromatic rings. The predicted octanol–water partition coefficient (Wildman–Crippen LogP) is 3.21. The summed E-state index contributed by atoms with van der Waals surface area (Å²) in [6.45, 7) is 2.08. The lowest BCUT2D eigenvalue weighted by Crippen LogP contribution is -2.07. The summed E-state index contributed by atoms with van der Waals surface area (Å²) in [5.41, 5.74) is 3.96. The Hall–Kier alpha value is -2.08. The van der Waals surface area contributed by atoms with Crippen LogP contribution in [0.5, 0.6) is 0 Å². The summed E-state index contributed by atoms with van der Waals surface area (Å²) in [6.07, 6.45) is 1.58. The molecule has 24 heavy (non-hydrogen) atoms. The van der Waals surface area contributed by atoms with Gasteiger partial charge in [0.25, 0.3) is 5.69 Å². The number of nitro groups is 1. The first kappa shape index (κ1) is 18.3. The summed E-state index contributed by atoms with van der Waals surface area (Å²) < 4.78 is 5.42. The van der Waals surface area contributed by atoms with E-state index in [1.807, 2.05) is 22.6 Å². The summed E-state index contributed by atoms with van der Waals surface area (Å²) in [5, 5.41) is 17.2. The number of ether oxygens (including phenoxy) is 1. The number of nitrogens with zero attached hydrogens (tertiary/aromatic N) is 3. The van der Waals surface area contributed by atoms with E-state index in [1.54, 1.807) is 24.4 Å². The van der Waals surface area contributed by atoms with Crippen LogP contribution in [0.4, 0.5) is 10.8 Å². The normalized spacial score (nSPS) is 10.8. The van der Waals surface area contributed by atoms with Crippen molar-refractivity contribution in [3.05, 3.63) is 48.5 Å². The van der Waals surface area contributed by atoms with Gasteiger partial charge in [-0.1, -0.05) is 6.07 Å². The standard InChI is InChI=1S/C14H13IN4O4S/c1-2-23-13(20)6-10-8-24-14(17-10)18-16-7-9-3-4-11(15)12(5-9)19(21)22/h3-5,7-8H,2,6H2,1H3,(H,17,18). The summed E-state index contributed by atoms with van der Waals surface area (Å²) in [4.78, 5) is 26.0. The van der Waals surface area contributed by atoms with Crippen LogP contribution >= 0.6 is 33.9 Å². The topological polar surface area (TPSA) is 107 Å². The number of aromatic nitrogens is 1. The molecule has 1 aromatic carbocycles. The number of anilines is 1. The second-order valence-corrected chi connectivity index (χ2v) is 6.48. The first-order valence-corrected chi connectivity index (χ1v) is 8.78. The maximum Gasteiger partial charge on any atom is 0.311 e. The van der Waals surface area contributed by atoms with E-state index in [0.29, 0.717) is 26.6 Å². The van der Waals surface area contributed by atoms with Gasteiger partial charge >= 0.3 is 5.97 Å². The van der Waals surface area contributed by atoms with Gasteiger partial charge in [0.05, 0.1) is 33.4 Å². The molecular weight excluding hydrogens is 447 g/mol. The molecule has 1 aromatic heterocycles. The number of benzene rings is 1. The van der Waals surface area contributed by atoms with Crippen LogP contribution in [0.3, 0.4) is 0 Å². The lowest BCUT2D eigenvalue weighted by molar-refractivity contribution is -0.385. The van der Waals surface area contributed by atoms with E-state index in [0.717, 1.165) is 0 Å². The quantitative estimate of drug-likeness (QED) is 0.224. The van der Waals surface area contributed by atoms with Crippen LogP contribution in [-0.2, 0) is 16.0 Å². The average Bonchev–Trinajstić information content (AvgIpc) is 2.96. The summed E-state index contributed by atoms with van der Waals surface area (Å²) in [5.74, 6) is -0.330. The second kappa shape index (κ2) is 8.68. The molecule has 0 saturated carbocycles. The number of carbonyl (C=O) groups excluding carboxylic acids is 1. The highest BCUT2D eigenvalue weighted by atomic mass is 127. The average molecular weight is 460 g/mol. The zero-order valence-electron chi connectivity index (χ0n) is 12.6. The summed E-state index contributed by atoms with van der Waals surface area (Å²) in [7, 11) is 0. The Labute approximate surface area is 155 Å². The van der Waals surface area contributed by atoms with E-state index < -0.39 is 4.92 Å². The lowest BCUT2D eigenvalue weighted by Gasteiger charge is -1.98. The van der Waals surface area contributed by atoms with Crippen molar-refractivity contribution in [3.8, 4) is 0 Å². The van der Waals surface area contributed by atoms with Crippen LogP contribution in [0.2, 0.25) is 0 Å². The number of carbonyl (C=O) groups is 1. The van der Waals surface area contributed by atoms with Gasteiger partial charge in [-0.25, -0.2) is 4.98 Å². The monoisotopic (exact) mass is 460 g/mol. The van der Waals surface area contributed by atoms with E-state index in [9.17, 15) is 14.9 Å². The molecule has 0 bridgehead atoms. The van der Waals surface area contributed by atoms with Crippen molar-refractivity contribution in [2.24, 2.45) is 5.10 Å². The number of rotatable bonds is 7. The molecule has 1 heterocycles. The Morgan fingerprint density at radius 1 is 1.58 bits per heavy atom. The maximum absolute atomic E-state index is 11.4. The molecule has 10 heteroatoms. The highest BCUT2D eigenvalue weighted by molar-refractivity contribution is 14.1. The van der Waals surface area contributed by atoms with E-state index in [4.69, 9.17) is 4.74 Å². The molecular formula is C14H13IN4O4S. The molecule has 0 radical (unpaired) electrons. The maximum atomic E-state index is 11.4. The largest absolute Gasteiger partial charge is 0.466 e. The number of nitrogens with one attached hydrogen (secondary N) is 1. The minimum absolute atomic E-state index is 0.0329. The number of hydrogen-bond donors (Lipinski definition) is 1. The Morgan fingerprint density at radius 2 is 2.38 bits per heavy atom. The molecule has 126 valence electrons. The van der Waals surface area contributed by atoms with E-state index in [2.05, 4.69) is 15.5 Å². The first-order chi connectivity index (χ1) is 11.5. The number of esters is 1. The van der Waals surface area contributed by atoms with Crippen molar-refractivity contribution in [2.45, 2.75) is 13.3 Å². The van der Waals surface area contributed by atoms with Gasteiger partial charge in [-0.15, -0.1) is 11.3 Å². The Bertz CT molecular complexity index is 778. The number of halogens is 1. The van der Waals surface area contributed by atoms with Crippen LogP contribution in [0, 0.1) is 13.7 Å². The Balaban J connectivity index is 1.97. The number of hydrogen-bond acceptors (Lipinski definition) is 8. The van der Waals surface area contributed by atoms with Crippen molar-refractivity contribution < 1.29 is 14.5 Å². The highest BCUT2D eigenvalue weighted by Gasteiger charge is 2.11. The fourth-order valence-electron chi connectivity index (χ4n) is 1.71. The number of nitro benzene ring substituents is 1. The minimum atomic E-state index is -0.435. The van der Waals surface area contributed by atoms with Crippen molar-refractivity contribution >= 4 is 56.9 Å². The highest BCUT2D eigenvalue weighted by Crippen LogP contribution is 2.21. The van der Waals surface area contributed by atoms with E-state index in [1.165, 1.54) is 23.6 Å². The Morgan fingerprint density at radius 3 is 3.08 bits per heavy atom. The second-order valence-electron chi connectivity index (χ2n) is 4.46. The fourth-order valence-corrected chi connectivity index (χ4v) is 2.90. The molecule has 0 unspecified atom stereocenters. The summed E-state index contributed by atoms with van der Waals surface area (Å²) in [6, 6.07) is 4.83. The molecule has 8 nitrogen and oxygen atoms in total. The van der Waals surface area contributed by atoms with Crippen molar-refractivity contribution in [2.75, 3.05) is 12.0 Å². The van der Waals surface area contributed by atoms with Crippen LogP contribution in [0.25, 0.3) is 0 Å². The van der Waals surface area contributed by atoms with Crippen molar-refractivity contribution in [3.63, 3.8) is 0 Å². The molecule has 2 rings (SSSR count). The minimum Gasteiger partial charge on any atom is -0.466 e. The van der Waals surface area contributed by atoms with Gasteiger partial charge in [0.1, 0.15) is 0 Å². The Kier molecular flexibility index (Phi) is 6.61. The molecule has 0 fully saturated rings. The third-order valence-electron chi connectivity index (χ3n) is 2.72. The summed E-state index contributed by atoms with van der Waals surface area (Å²) >= 11 is 3.21. The van der Waals surface area contributed by atoms with Crippen LogP contribution in [-0.4, -0.2) is 28.7 Å². The van der Waals surface area contributed by atoms with Gasteiger partial charge in [0, 0.05) is 17.0 Å². The van der Waals surface area contributed by atoms with Gasteiger partial charge in [0.2, 0.25) is 5.13 Å². The molecule has 0 amide bonds. The van der Waals surface area contributed by atoms with Gasteiger partial charge in [-0.2, -0.15) is 5.10 Å². The molecule has 0 atom stereocenters. The zero-order chi connectivity index (χ0) is 17.5. The lowest BCUT2D eigenvalue weighted by atomic mass is 10.2. The molecule has 1 N–H and O–H groups in total. The predicted molar refractivity (Wildman–Crippen MR) is 99.5 cm³/mol. The zero-order valence-corrected chi connectivity index (χ0v) is 15.5. The fraction of sp³-hybridized carbons (Fsp3) is 0.214. The molecule has 0 saturated heterocycles. The van der Waals surface area contributed by atoms with Crippen LogP contribution in [0.15, 0.2) is 28.7 Å². The van der Waals surface area contributed by atoms with E-state index >= 15 is 0 Å². The number of thiazole rings is 1. The molecule has 0 spiro atoms. The van der Waals surface area contributed by atoms with Gasteiger partial charge < -0.3 is 4.74 Å². The van der Waals surface area contributed by atoms with Crippen LogP contribution in [0.1, 0.15) is 18.2 Å². The third kappa shape index (κ3) is 5.23. The first-order valence-electron chi connectivity index (χ1n) is 6.82. The van der Waals surface area contributed by atoms with Gasteiger partial charge in [-0.3, -0.25) is 20.3 Å². The smallest absolute Gasteiger partial charge is 0.311 e. The van der Waals surface area contributed by atoms with Crippen molar-refractivity contribution in [1.29, 1.82) is 0 Å². The molecule has 0 aliphatic heterocycles. The van der Waals surface area contributed by atoms with Crippen molar-refractivity contribution in [1.82, 2.24) is 4.98 Å². The van der Waals surface area contributed by atoms with E-state index in [-0.39, 0.29) is 18.1 Å². The third-order valence-corrected chi connectivity index (χ3v) is 4.43.